The minimum absolute atomic E-state index is 0.00159. The molecule has 0 saturated heterocycles. The van der Waals surface area contributed by atoms with Gasteiger partial charge in [0.1, 0.15) is 0 Å². The van der Waals surface area contributed by atoms with Crippen LogP contribution in [-0.4, -0.2) is 29.7 Å². The van der Waals surface area contributed by atoms with Gasteiger partial charge in [0, 0.05) is 6.26 Å². The Morgan fingerprint density at radius 1 is 1.18 bits per heavy atom. The van der Waals surface area contributed by atoms with E-state index >= 15 is 0 Å². The minimum atomic E-state index is -3.87. The van der Waals surface area contributed by atoms with Crippen LogP contribution in [0.15, 0.2) is 28.0 Å². The Kier molecular flexibility index (Phi) is 3.95. The smallest absolute Gasteiger partial charge is 0.267 e. The molecule has 0 unspecified atom stereocenters. The summed E-state index contributed by atoms with van der Waals surface area (Å²) in [4.78, 5) is -0.149. The molecule has 0 N–H and O–H groups in total. The van der Waals surface area contributed by atoms with Crippen molar-refractivity contribution in [3.8, 4) is 0 Å². The van der Waals surface area contributed by atoms with Crippen molar-refractivity contribution in [2.24, 2.45) is 0 Å². The van der Waals surface area contributed by atoms with Crippen molar-refractivity contribution in [1.29, 1.82) is 0 Å². The van der Waals surface area contributed by atoms with Gasteiger partial charge in [-0.25, -0.2) is 8.42 Å². The zero-order valence-electron chi connectivity index (χ0n) is 9.80. The highest BCUT2D eigenvalue weighted by Crippen LogP contribution is 2.21. The van der Waals surface area contributed by atoms with Gasteiger partial charge in [-0.1, -0.05) is 6.07 Å². The number of rotatable bonds is 4. The van der Waals surface area contributed by atoms with Gasteiger partial charge in [-0.3, -0.25) is 4.18 Å². The fourth-order valence-corrected chi connectivity index (χ4v) is 3.37. The van der Waals surface area contributed by atoms with Crippen molar-refractivity contribution < 1.29 is 21.0 Å². The normalized spacial score (nSPS) is 12.6. The molecule has 5 nitrogen and oxygen atoms in total. The highest BCUT2D eigenvalue weighted by atomic mass is 32.2. The predicted molar refractivity (Wildman–Crippen MR) is 63.1 cm³/mol. The molecule has 17 heavy (non-hydrogen) atoms. The van der Waals surface area contributed by atoms with Gasteiger partial charge in [-0.15, -0.1) is 0 Å². The molecule has 0 aliphatic rings. The summed E-state index contributed by atoms with van der Waals surface area (Å²) in [5, 5.41) is 0. The van der Waals surface area contributed by atoms with Crippen LogP contribution in [0.1, 0.15) is 12.5 Å². The van der Waals surface area contributed by atoms with Crippen molar-refractivity contribution in [3.05, 3.63) is 23.8 Å². The summed E-state index contributed by atoms with van der Waals surface area (Å²) in [5.74, 6) is 0. The molecule has 0 spiro atoms. The Bertz CT molecular complexity index is 614. The Morgan fingerprint density at radius 2 is 1.76 bits per heavy atom. The van der Waals surface area contributed by atoms with Gasteiger partial charge in [0.15, 0.2) is 9.84 Å². The molecule has 0 aliphatic heterocycles. The molecule has 0 aliphatic carbocycles. The lowest BCUT2D eigenvalue weighted by Gasteiger charge is -2.07. The van der Waals surface area contributed by atoms with E-state index in [2.05, 4.69) is 4.18 Å². The van der Waals surface area contributed by atoms with E-state index in [0.29, 0.717) is 5.56 Å². The number of hydrogen-bond acceptors (Lipinski definition) is 5. The molecule has 0 atom stereocenters. The SMILES string of the molecule is CCOS(=O)(=O)c1ccc(C)c(S(C)(=O)=O)c1. The monoisotopic (exact) mass is 278 g/mol. The fraction of sp³-hybridized carbons (Fsp3) is 0.400. The quantitative estimate of drug-likeness (QED) is 0.771. The first-order valence-electron chi connectivity index (χ1n) is 4.88. The zero-order chi connectivity index (χ0) is 13.3. The number of sulfone groups is 1. The molecule has 0 heterocycles. The van der Waals surface area contributed by atoms with Crippen LogP contribution in [0.3, 0.4) is 0 Å². The summed E-state index contributed by atoms with van der Waals surface area (Å²) in [5.41, 5.74) is 0.503. The molecule has 0 bridgehead atoms. The first-order chi connectivity index (χ1) is 7.68. The van der Waals surface area contributed by atoms with Gasteiger partial charge >= 0.3 is 0 Å². The summed E-state index contributed by atoms with van der Waals surface area (Å²) in [7, 11) is -7.33. The summed E-state index contributed by atoms with van der Waals surface area (Å²) >= 11 is 0. The van der Waals surface area contributed by atoms with Crippen LogP contribution in [0.4, 0.5) is 0 Å². The first kappa shape index (κ1) is 14.1. The Balaban J connectivity index is 3.43. The average Bonchev–Trinajstić information content (AvgIpc) is 2.15. The van der Waals surface area contributed by atoms with Crippen molar-refractivity contribution in [2.45, 2.75) is 23.6 Å². The minimum Gasteiger partial charge on any atom is -0.267 e. The summed E-state index contributed by atoms with van der Waals surface area (Å²) in [6.07, 6.45) is 1.03. The topological polar surface area (TPSA) is 77.5 Å². The van der Waals surface area contributed by atoms with Crippen molar-refractivity contribution in [2.75, 3.05) is 12.9 Å². The highest BCUT2D eigenvalue weighted by molar-refractivity contribution is 7.91. The largest absolute Gasteiger partial charge is 0.297 e. The maximum absolute atomic E-state index is 11.6. The fourth-order valence-electron chi connectivity index (χ4n) is 1.36. The van der Waals surface area contributed by atoms with Gasteiger partial charge in [0.25, 0.3) is 10.1 Å². The van der Waals surface area contributed by atoms with E-state index in [0.717, 1.165) is 12.3 Å². The zero-order valence-corrected chi connectivity index (χ0v) is 11.4. The van der Waals surface area contributed by atoms with Crippen LogP contribution < -0.4 is 0 Å². The van der Waals surface area contributed by atoms with E-state index in [4.69, 9.17) is 0 Å². The third-order valence-electron chi connectivity index (χ3n) is 2.12. The van der Waals surface area contributed by atoms with Crippen LogP contribution in [0, 0.1) is 6.92 Å². The van der Waals surface area contributed by atoms with Crippen LogP contribution in [0.25, 0.3) is 0 Å². The summed E-state index contributed by atoms with van der Waals surface area (Å²) in [6.45, 7) is 3.15. The van der Waals surface area contributed by atoms with E-state index in [9.17, 15) is 16.8 Å². The lowest BCUT2D eigenvalue weighted by atomic mass is 10.2. The van der Waals surface area contributed by atoms with Gasteiger partial charge in [-0.2, -0.15) is 8.42 Å². The standard InChI is InChI=1S/C10H14O5S2/c1-4-15-17(13,14)9-6-5-8(2)10(7-9)16(3,11)12/h5-7H,4H2,1-3H3. The molecule has 0 amide bonds. The molecule has 1 rings (SSSR count). The Morgan fingerprint density at radius 3 is 2.24 bits per heavy atom. The third kappa shape index (κ3) is 3.27. The maximum Gasteiger partial charge on any atom is 0.297 e. The number of hydrogen-bond donors (Lipinski definition) is 0. The average molecular weight is 278 g/mol. The molecular weight excluding hydrogens is 264 g/mol. The van der Waals surface area contributed by atoms with E-state index < -0.39 is 20.0 Å². The maximum atomic E-state index is 11.6. The molecule has 0 saturated carbocycles. The lowest BCUT2D eigenvalue weighted by Crippen LogP contribution is -2.08. The predicted octanol–water partition coefficient (Wildman–Crippen LogP) is 1.12. The van der Waals surface area contributed by atoms with Gasteiger partial charge < -0.3 is 0 Å². The highest BCUT2D eigenvalue weighted by Gasteiger charge is 2.19. The molecule has 96 valence electrons. The first-order valence-corrected chi connectivity index (χ1v) is 8.18. The summed E-state index contributed by atoms with van der Waals surface area (Å²) < 4.78 is 50.7. The van der Waals surface area contributed by atoms with Crippen LogP contribution in [0.2, 0.25) is 0 Å². The lowest BCUT2D eigenvalue weighted by molar-refractivity contribution is 0.338. The van der Waals surface area contributed by atoms with Crippen molar-refractivity contribution in [3.63, 3.8) is 0 Å². The van der Waals surface area contributed by atoms with Gasteiger partial charge in [0.05, 0.1) is 16.4 Å². The number of aryl methyl sites for hydroxylation is 1. The van der Waals surface area contributed by atoms with E-state index in [1.165, 1.54) is 12.1 Å². The van der Waals surface area contributed by atoms with Crippen molar-refractivity contribution >= 4 is 20.0 Å². The van der Waals surface area contributed by atoms with Crippen LogP contribution >= 0.6 is 0 Å². The third-order valence-corrected chi connectivity index (χ3v) is 4.74. The summed E-state index contributed by atoms with van der Waals surface area (Å²) in [6, 6.07) is 3.90. The second-order valence-electron chi connectivity index (χ2n) is 3.56. The second kappa shape index (κ2) is 4.75. The molecule has 7 heteroatoms. The molecule has 1 aromatic carbocycles. The Labute approximate surface area is 101 Å². The van der Waals surface area contributed by atoms with Gasteiger partial charge in [-0.05, 0) is 31.5 Å². The van der Waals surface area contributed by atoms with Gasteiger partial charge in [0.2, 0.25) is 0 Å². The number of benzene rings is 1. The van der Waals surface area contributed by atoms with E-state index in [1.807, 2.05) is 0 Å². The van der Waals surface area contributed by atoms with Crippen LogP contribution in [0.5, 0.6) is 0 Å². The van der Waals surface area contributed by atoms with E-state index in [-0.39, 0.29) is 16.4 Å². The molecule has 0 aromatic heterocycles. The van der Waals surface area contributed by atoms with Crippen LogP contribution in [-0.2, 0) is 24.1 Å². The molecule has 0 fully saturated rings. The Hall–Kier alpha value is -0.920. The second-order valence-corrected chi connectivity index (χ2v) is 7.16. The molecular formula is C10H14O5S2. The molecule has 1 aromatic rings. The molecule has 0 radical (unpaired) electrons. The van der Waals surface area contributed by atoms with Crippen molar-refractivity contribution in [1.82, 2.24) is 0 Å². The van der Waals surface area contributed by atoms with E-state index in [1.54, 1.807) is 13.8 Å².